The van der Waals surface area contributed by atoms with E-state index in [-0.39, 0.29) is 0 Å². The van der Waals surface area contributed by atoms with Crippen LogP contribution in [0, 0.1) is 12.3 Å². The number of nitrogens with zero attached hydrogens (tertiary/aromatic N) is 1. The fourth-order valence-electron chi connectivity index (χ4n) is 0.827. The lowest BCUT2D eigenvalue weighted by Gasteiger charge is -2.22. The van der Waals surface area contributed by atoms with Crippen LogP contribution in [0.3, 0.4) is 0 Å². The molecular formula is C7H10N4. The van der Waals surface area contributed by atoms with Crippen molar-refractivity contribution in [1.29, 1.82) is 0 Å². The van der Waals surface area contributed by atoms with E-state index in [0.717, 1.165) is 0 Å². The van der Waals surface area contributed by atoms with Gasteiger partial charge in [0.25, 0.3) is 0 Å². The van der Waals surface area contributed by atoms with Crippen molar-refractivity contribution >= 4 is 5.96 Å². The van der Waals surface area contributed by atoms with Crippen molar-refractivity contribution in [2.45, 2.75) is 12.1 Å². The second-order valence-electron chi connectivity index (χ2n) is 2.35. The molecule has 1 unspecified atom stereocenters. The van der Waals surface area contributed by atoms with Crippen molar-refractivity contribution in [2.75, 3.05) is 0 Å². The Bertz CT molecular complexity index is 248. The quantitative estimate of drug-likeness (QED) is 0.424. The number of terminal acetylenes is 1. The average molecular weight is 150 g/mol. The first-order chi connectivity index (χ1) is 5.16. The van der Waals surface area contributed by atoms with Gasteiger partial charge in [0.1, 0.15) is 5.66 Å². The van der Waals surface area contributed by atoms with E-state index in [4.69, 9.17) is 17.9 Å². The molecule has 1 aliphatic rings. The van der Waals surface area contributed by atoms with E-state index < -0.39 is 5.66 Å². The molecule has 1 heterocycles. The molecule has 0 spiro atoms. The molecule has 11 heavy (non-hydrogen) atoms. The van der Waals surface area contributed by atoms with E-state index in [9.17, 15) is 0 Å². The highest BCUT2D eigenvalue weighted by atomic mass is 15.2. The van der Waals surface area contributed by atoms with Crippen LogP contribution in [0.2, 0.25) is 0 Å². The topological polar surface area (TPSA) is 76.4 Å². The minimum Gasteiger partial charge on any atom is -0.370 e. The number of guanidine groups is 1. The molecule has 0 saturated heterocycles. The highest BCUT2D eigenvalue weighted by molar-refractivity contribution is 5.80. The number of hydrogen-bond acceptors (Lipinski definition) is 4. The first kappa shape index (κ1) is 7.63. The number of nitrogens with two attached hydrogens (primary N) is 2. The SMILES string of the molecule is C#CCC1(N)C=CNC(N)=N1. The van der Waals surface area contributed by atoms with Crippen LogP contribution in [0.25, 0.3) is 0 Å². The molecule has 0 bridgehead atoms. The van der Waals surface area contributed by atoms with E-state index in [0.29, 0.717) is 12.4 Å². The molecule has 1 aliphatic heterocycles. The first-order valence-electron chi connectivity index (χ1n) is 3.18. The van der Waals surface area contributed by atoms with Gasteiger partial charge in [-0.25, -0.2) is 4.99 Å². The Hall–Kier alpha value is -1.47. The molecule has 58 valence electrons. The largest absolute Gasteiger partial charge is 0.370 e. The van der Waals surface area contributed by atoms with Crippen LogP contribution in [0.4, 0.5) is 0 Å². The van der Waals surface area contributed by atoms with Crippen LogP contribution in [-0.2, 0) is 0 Å². The Balaban J connectivity index is 2.78. The number of aliphatic imine (C=N–C) groups is 1. The van der Waals surface area contributed by atoms with Crippen molar-refractivity contribution in [2.24, 2.45) is 16.5 Å². The van der Waals surface area contributed by atoms with Gasteiger partial charge in [-0.15, -0.1) is 12.3 Å². The molecule has 0 aromatic carbocycles. The van der Waals surface area contributed by atoms with Crippen LogP contribution < -0.4 is 16.8 Å². The molecule has 0 aromatic heterocycles. The molecule has 4 nitrogen and oxygen atoms in total. The van der Waals surface area contributed by atoms with Crippen molar-refractivity contribution in [3.05, 3.63) is 12.3 Å². The number of hydrogen-bond donors (Lipinski definition) is 3. The molecule has 5 N–H and O–H groups in total. The third kappa shape index (κ3) is 1.72. The maximum Gasteiger partial charge on any atom is 0.194 e. The summed E-state index contributed by atoms with van der Waals surface area (Å²) >= 11 is 0. The fraction of sp³-hybridized carbons (Fsp3) is 0.286. The second kappa shape index (κ2) is 2.64. The Morgan fingerprint density at radius 1 is 1.82 bits per heavy atom. The van der Waals surface area contributed by atoms with Crippen molar-refractivity contribution < 1.29 is 0 Å². The standard InChI is InChI=1S/C7H10N4/c1-2-3-7(9)4-5-10-6(8)11-7/h1,4-5H,3,9H2,(H3,8,10,11). The normalized spacial score (nSPS) is 28.5. The maximum atomic E-state index is 5.72. The highest BCUT2D eigenvalue weighted by Gasteiger charge is 2.21. The fourth-order valence-corrected chi connectivity index (χ4v) is 0.827. The van der Waals surface area contributed by atoms with Gasteiger partial charge in [-0.1, -0.05) is 0 Å². The van der Waals surface area contributed by atoms with Crippen molar-refractivity contribution in [3.8, 4) is 12.3 Å². The van der Waals surface area contributed by atoms with Gasteiger partial charge in [-0.3, -0.25) is 0 Å². The van der Waals surface area contributed by atoms with Gasteiger partial charge in [-0.2, -0.15) is 0 Å². The Morgan fingerprint density at radius 3 is 3.09 bits per heavy atom. The van der Waals surface area contributed by atoms with Gasteiger partial charge in [0.15, 0.2) is 5.96 Å². The summed E-state index contributed by atoms with van der Waals surface area (Å²) in [5, 5.41) is 2.69. The van der Waals surface area contributed by atoms with E-state index in [1.807, 2.05) is 0 Å². The van der Waals surface area contributed by atoms with Crippen LogP contribution in [-0.4, -0.2) is 11.6 Å². The van der Waals surface area contributed by atoms with E-state index in [1.54, 1.807) is 12.3 Å². The molecule has 0 aromatic rings. The predicted molar refractivity (Wildman–Crippen MR) is 44.3 cm³/mol. The summed E-state index contributed by atoms with van der Waals surface area (Å²) in [7, 11) is 0. The lowest BCUT2D eigenvalue weighted by molar-refractivity contribution is 0.561. The van der Waals surface area contributed by atoms with Gasteiger partial charge < -0.3 is 16.8 Å². The van der Waals surface area contributed by atoms with Gasteiger partial charge in [-0.05, 0) is 6.08 Å². The molecule has 1 atom stereocenters. The highest BCUT2D eigenvalue weighted by Crippen LogP contribution is 2.11. The van der Waals surface area contributed by atoms with Crippen LogP contribution in [0.1, 0.15) is 6.42 Å². The summed E-state index contributed by atoms with van der Waals surface area (Å²) in [6.45, 7) is 0. The third-order valence-corrected chi connectivity index (χ3v) is 1.32. The van der Waals surface area contributed by atoms with Crippen LogP contribution in [0.5, 0.6) is 0 Å². The zero-order valence-corrected chi connectivity index (χ0v) is 6.04. The van der Waals surface area contributed by atoms with Crippen LogP contribution >= 0.6 is 0 Å². The third-order valence-electron chi connectivity index (χ3n) is 1.32. The lowest BCUT2D eigenvalue weighted by Crippen LogP contribution is -2.44. The minimum absolute atomic E-state index is 0.297. The summed E-state index contributed by atoms with van der Waals surface area (Å²) in [6.07, 6.45) is 8.77. The van der Waals surface area contributed by atoms with E-state index in [2.05, 4.69) is 16.2 Å². The molecule has 0 fully saturated rings. The summed E-state index contributed by atoms with van der Waals surface area (Å²) < 4.78 is 0. The molecule has 1 rings (SSSR count). The Labute approximate surface area is 65.4 Å². The summed E-state index contributed by atoms with van der Waals surface area (Å²) in [5.41, 5.74) is 10.3. The van der Waals surface area contributed by atoms with Crippen molar-refractivity contribution in [1.82, 2.24) is 5.32 Å². The maximum absolute atomic E-state index is 5.72. The van der Waals surface area contributed by atoms with Gasteiger partial charge in [0, 0.05) is 6.20 Å². The zero-order chi connectivity index (χ0) is 8.32. The predicted octanol–water partition coefficient (Wildman–Crippen LogP) is -0.904. The lowest BCUT2D eigenvalue weighted by atomic mass is 10.1. The summed E-state index contributed by atoms with van der Waals surface area (Å²) in [4.78, 5) is 3.94. The summed E-state index contributed by atoms with van der Waals surface area (Å²) in [6, 6.07) is 0. The molecule has 4 heteroatoms. The average Bonchev–Trinajstić information content (AvgIpc) is 1.86. The molecule has 0 saturated carbocycles. The van der Waals surface area contributed by atoms with Gasteiger partial charge in [0.2, 0.25) is 0 Å². The van der Waals surface area contributed by atoms with Gasteiger partial charge >= 0.3 is 0 Å². The van der Waals surface area contributed by atoms with Crippen LogP contribution in [0.15, 0.2) is 17.3 Å². The molecule has 0 radical (unpaired) electrons. The Morgan fingerprint density at radius 2 is 2.55 bits per heavy atom. The number of nitrogens with one attached hydrogen (secondary N) is 1. The van der Waals surface area contributed by atoms with E-state index >= 15 is 0 Å². The second-order valence-corrected chi connectivity index (χ2v) is 2.35. The Kier molecular flexibility index (Phi) is 1.83. The van der Waals surface area contributed by atoms with Gasteiger partial charge in [0.05, 0.1) is 6.42 Å². The number of rotatable bonds is 1. The smallest absolute Gasteiger partial charge is 0.194 e. The monoisotopic (exact) mass is 150 g/mol. The summed E-state index contributed by atoms with van der Waals surface area (Å²) in [5.74, 6) is 2.73. The minimum atomic E-state index is -0.815. The molecule has 0 aliphatic carbocycles. The van der Waals surface area contributed by atoms with Crippen molar-refractivity contribution in [3.63, 3.8) is 0 Å². The van der Waals surface area contributed by atoms with E-state index in [1.165, 1.54) is 0 Å². The molecule has 0 amide bonds. The molecular weight excluding hydrogens is 140 g/mol. The first-order valence-corrected chi connectivity index (χ1v) is 3.18. The zero-order valence-electron chi connectivity index (χ0n) is 6.04.